The van der Waals surface area contributed by atoms with E-state index in [1.807, 2.05) is 11.0 Å². The first-order chi connectivity index (χ1) is 12.2. The Labute approximate surface area is 147 Å². The minimum Gasteiger partial charge on any atom is -0.337 e. The Morgan fingerprint density at radius 3 is 2.88 bits per heavy atom. The molecule has 132 valence electrons. The topological polar surface area (TPSA) is 73.8 Å². The molecule has 2 fully saturated rings. The number of aryl methyl sites for hydroxylation is 1. The van der Waals surface area contributed by atoms with Crippen LogP contribution in [0.25, 0.3) is 0 Å². The number of rotatable bonds is 4. The van der Waals surface area contributed by atoms with E-state index in [9.17, 15) is 9.59 Å². The SMILES string of the molecule is O=C1CCC(C(=O)N2CC3CNCC3(CCc3ccccc3)C2)=NN1. The van der Waals surface area contributed by atoms with Crippen LogP contribution in [-0.4, -0.2) is 48.6 Å². The number of amides is 2. The monoisotopic (exact) mass is 340 g/mol. The van der Waals surface area contributed by atoms with Crippen LogP contribution in [-0.2, 0) is 16.0 Å². The van der Waals surface area contributed by atoms with Crippen LogP contribution in [0.15, 0.2) is 35.4 Å². The number of nitrogens with zero attached hydrogens (tertiary/aromatic N) is 2. The van der Waals surface area contributed by atoms with E-state index in [0.717, 1.165) is 39.0 Å². The lowest BCUT2D eigenvalue weighted by molar-refractivity contribution is -0.124. The number of benzene rings is 1. The summed E-state index contributed by atoms with van der Waals surface area (Å²) in [5.74, 6) is 0.380. The zero-order valence-corrected chi connectivity index (χ0v) is 14.3. The molecule has 0 aliphatic carbocycles. The van der Waals surface area contributed by atoms with Crippen LogP contribution in [0.3, 0.4) is 0 Å². The molecule has 3 aliphatic rings. The highest BCUT2D eigenvalue weighted by atomic mass is 16.2. The molecule has 6 heteroatoms. The second-order valence-corrected chi connectivity index (χ2v) is 7.45. The molecule has 4 rings (SSSR count). The number of carbonyl (C=O) groups is 2. The van der Waals surface area contributed by atoms with Gasteiger partial charge in [0, 0.05) is 44.4 Å². The van der Waals surface area contributed by atoms with Crippen molar-refractivity contribution in [1.82, 2.24) is 15.6 Å². The Morgan fingerprint density at radius 1 is 1.28 bits per heavy atom. The van der Waals surface area contributed by atoms with E-state index < -0.39 is 0 Å². The van der Waals surface area contributed by atoms with Crippen molar-refractivity contribution in [2.45, 2.75) is 25.7 Å². The van der Waals surface area contributed by atoms with E-state index in [4.69, 9.17) is 0 Å². The van der Waals surface area contributed by atoms with Crippen LogP contribution in [0.4, 0.5) is 0 Å². The quantitative estimate of drug-likeness (QED) is 0.856. The maximum absolute atomic E-state index is 12.8. The van der Waals surface area contributed by atoms with Gasteiger partial charge in [-0.3, -0.25) is 9.59 Å². The third-order valence-electron chi connectivity index (χ3n) is 5.87. The molecule has 0 radical (unpaired) electrons. The number of carbonyl (C=O) groups excluding carboxylic acids is 2. The molecule has 2 atom stereocenters. The number of likely N-dealkylation sites (tertiary alicyclic amines) is 1. The van der Waals surface area contributed by atoms with Gasteiger partial charge < -0.3 is 10.2 Å². The Bertz CT molecular complexity index is 703. The van der Waals surface area contributed by atoms with Crippen molar-refractivity contribution >= 4 is 17.5 Å². The Kier molecular flexibility index (Phi) is 4.29. The lowest BCUT2D eigenvalue weighted by atomic mass is 9.76. The second-order valence-electron chi connectivity index (χ2n) is 7.45. The van der Waals surface area contributed by atoms with Crippen LogP contribution in [0.5, 0.6) is 0 Å². The van der Waals surface area contributed by atoms with Crippen molar-refractivity contribution in [3.05, 3.63) is 35.9 Å². The first kappa shape index (κ1) is 16.3. The highest BCUT2D eigenvalue weighted by Gasteiger charge is 2.50. The van der Waals surface area contributed by atoms with Crippen LogP contribution in [0.2, 0.25) is 0 Å². The fourth-order valence-electron chi connectivity index (χ4n) is 4.39. The van der Waals surface area contributed by atoms with Crippen molar-refractivity contribution in [3.8, 4) is 0 Å². The summed E-state index contributed by atoms with van der Waals surface area (Å²) >= 11 is 0. The molecule has 2 unspecified atom stereocenters. The first-order valence-corrected chi connectivity index (χ1v) is 9.06. The average Bonchev–Trinajstić information content (AvgIpc) is 3.18. The Hall–Kier alpha value is -2.21. The fourth-order valence-corrected chi connectivity index (χ4v) is 4.39. The van der Waals surface area contributed by atoms with Gasteiger partial charge in [-0.15, -0.1) is 0 Å². The summed E-state index contributed by atoms with van der Waals surface area (Å²) in [5.41, 5.74) is 4.43. The van der Waals surface area contributed by atoms with Gasteiger partial charge in [0.2, 0.25) is 5.91 Å². The predicted octanol–water partition coefficient (Wildman–Crippen LogP) is 0.933. The predicted molar refractivity (Wildman–Crippen MR) is 94.9 cm³/mol. The second kappa shape index (κ2) is 6.59. The molecule has 3 heterocycles. The molecular formula is C19H24N4O2. The van der Waals surface area contributed by atoms with Crippen LogP contribution >= 0.6 is 0 Å². The first-order valence-electron chi connectivity index (χ1n) is 9.06. The highest BCUT2D eigenvalue weighted by molar-refractivity contribution is 6.39. The summed E-state index contributed by atoms with van der Waals surface area (Å²) in [5, 5.41) is 7.50. The average molecular weight is 340 g/mol. The van der Waals surface area contributed by atoms with Gasteiger partial charge in [-0.05, 0) is 24.3 Å². The molecule has 6 nitrogen and oxygen atoms in total. The zero-order chi connectivity index (χ0) is 17.3. The molecule has 2 amide bonds. The molecule has 1 aromatic carbocycles. The van der Waals surface area contributed by atoms with E-state index in [2.05, 4.69) is 40.1 Å². The lowest BCUT2D eigenvalue weighted by Crippen LogP contribution is -2.41. The summed E-state index contributed by atoms with van der Waals surface area (Å²) in [4.78, 5) is 26.0. The van der Waals surface area contributed by atoms with Crippen LogP contribution in [0.1, 0.15) is 24.8 Å². The third-order valence-corrected chi connectivity index (χ3v) is 5.87. The fraction of sp³-hybridized carbons (Fsp3) is 0.526. The van der Waals surface area contributed by atoms with Gasteiger partial charge in [0.05, 0.1) is 0 Å². The Morgan fingerprint density at radius 2 is 2.12 bits per heavy atom. The molecule has 0 spiro atoms. The van der Waals surface area contributed by atoms with Crippen molar-refractivity contribution < 1.29 is 9.59 Å². The van der Waals surface area contributed by atoms with Crippen LogP contribution < -0.4 is 10.7 Å². The molecule has 2 saturated heterocycles. The summed E-state index contributed by atoms with van der Waals surface area (Å²) in [6.07, 6.45) is 2.92. The van der Waals surface area contributed by atoms with Crippen molar-refractivity contribution in [3.63, 3.8) is 0 Å². The zero-order valence-electron chi connectivity index (χ0n) is 14.3. The molecule has 1 aromatic rings. The van der Waals surface area contributed by atoms with Crippen LogP contribution in [0, 0.1) is 11.3 Å². The number of fused-ring (bicyclic) bond motifs is 1. The standard InChI is InChI=1S/C19H24N4O2/c24-17-7-6-16(21-22-17)18(25)23-11-15-10-20-12-19(15,13-23)9-8-14-4-2-1-3-5-14/h1-5,15,20H,6-13H2,(H,22,24). The van der Waals surface area contributed by atoms with E-state index in [1.54, 1.807) is 0 Å². The van der Waals surface area contributed by atoms with E-state index in [0.29, 0.717) is 24.5 Å². The molecule has 0 saturated carbocycles. The van der Waals surface area contributed by atoms with Crippen molar-refractivity contribution in [2.24, 2.45) is 16.4 Å². The lowest BCUT2D eigenvalue weighted by Gasteiger charge is -2.28. The summed E-state index contributed by atoms with van der Waals surface area (Å²) in [6, 6.07) is 10.5. The van der Waals surface area contributed by atoms with Gasteiger partial charge in [-0.2, -0.15) is 5.10 Å². The molecule has 3 aliphatic heterocycles. The molecule has 0 bridgehead atoms. The van der Waals surface area contributed by atoms with Gasteiger partial charge in [-0.25, -0.2) is 5.43 Å². The largest absolute Gasteiger partial charge is 0.337 e. The van der Waals surface area contributed by atoms with E-state index >= 15 is 0 Å². The number of nitrogens with one attached hydrogen (secondary N) is 2. The molecular weight excluding hydrogens is 316 g/mol. The van der Waals surface area contributed by atoms with E-state index in [-0.39, 0.29) is 17.2 Å². The Balaban J connectivity index is 1.44. The highest BCUT2D eigenvalue weighted by Crippen LogP contribution is 2.42. The summed E-state index contributed by atoms with van der Waals surface area (Å²) in [6.45, 7) is 3.51. The molecule has 2 N–H and O–H groups in total. The van der Waals surface area contributed by atoms with Gasteiger partial charge in [0.15, 0.2) is 0 Å². The molecule has 0 aromatic heterocycles. The van der Waals surface area contributed by atoms with Gasteiger partial charge >= 0.3 is 0 Å². The normalized spacial score (nSPS) is 28.5. The van der Waals surface area contributed by atoms with Gasteiger partial charge in [0.1, 0.15) is 5.71 Å². The smallest absolute Gasteiger partial charge is 0.270 e. The van der Waals surface area contributed by atoms with Crippen molar-refractivity contribution in [1.29, 1.82) is 0 Å². The summed E-state index contributed by atoms with van der Waals surface area (Å²) in [7, 11) is 0. The van der Waals surface area contributed by atoms with E-state index in [1.165, 1.54) is 5.56 Å². The third kappa shape index (κ3) is 3.18. The number of hydrogen-bond acceptors (Lipinski definition) is 4. The maximum atomic E-state index is 12.8. The minimum atomic E-state index is -0.113. The molecule has 25 heavy (non-hydrogen) atoms. The van der Waals surface area contributed by atoms with Gasteiger partial charge in [0.25, 0.3) is 5.91 Å². The number of hydrogen-bond donors (Lipinski definition) is 2. The van der Waals surface area contributed by atoms with Crippen molar-refractivity contribution in [2.75, 3.05) is 26.2 Å². The number of hydrazone groups is 1. The van der Waals surface area contributed by atoms with Gasteiger partial charge in [-0.1, -0.05) is 30.3 Å². The minimum absolute atomic E-state index is 0.00603. The summed E-state index contributed by atoms with van der Waals surface area (Å²) < 4.78 is 0. The maximum Gasteiger partial charge on any atom is 0.270 e.